The van der Waals surface area contributed by atoms with Crippen LogP contribution in [0.4, 0.5) is 0 Å². The molecule has 2 aliphatic rings. The van der Waals surface area contributed by atoms with Crippen molar-refractivity contribution in [2.45, 2.75) is 57.0 Å². The molecule has 0 aliphatic heterocycles. The average molecular weight is 270 g/mol. The third-order valence-corrected chi connectivity index (χ3v) is 6.16. The lowest BCUT2D eigenvalue weighted by Crippen LogP contribution is -2.58. The van der Waals surface area contributed by atoms with Crippen LogP contribution in [0.2, 0.25) is 0 Å². The van der Waals surface area contributed by atoms with Crippen LogP contribution in [0.5, 0.6) is 0 Å². The molecule has 2 saturated carbocycles. The first-order valence-corrected chi connectivity index (χ1v) is 8.94. The van der Waals surface area contributed by atoms with E-state index in [2.05, 4.69) is 25.1 Å². The number of hydrogen-bond acceptors (Lipinski definition) is 3. The number of nitrogens with zero attached hydrogens (tertiary/aromatic N) is 1. The highest BCUT2D eigenvalue weighted by Crippen LogP contribution is 2.48. The Morgan fingerprint density at radius 2 is 2.06 bits per heavy atom. The van der Waals surface area contributed by atoms with Gasteiger partial charge in [-0.25, -0.2) is 0 Å². The van der Waals surface area contributed by atoms with Crippen LogP contribution in [-0.2, 0) is 0 Å². The van der Waals surface area contributed by atoms with Gasteiger partial charge in [0, 0.05) is 23.9 Å². The van der Waals surface area contributed by atoms with Crippen molar-refractivity contribution in [1.82, 2.24) is 4.90 Å². The molecule has 3 atom stereocenters. The van der Waals surface area contributed by atoms with E-state index in [1.54, 1.807) is 0 Å². The molecule has 0 saturated heterocycles. The molecule has 0 bridgehead atoms. The number of likely N-dealkylation sites (N-methyl/N-ethyl adjacent to an activating group) is 1. The van der Waals surface area contributed by atoms with Gasteiger partial charge in [0.05, 0.1) is 0 Å². The van der Waals surface area contributed by atoms with Crippen molar-refractivity contribution in [3.8, 4) is 0 Å². The normalized spacial score (nSPS) is 34.8. The van der Waals surface area contributed by atoms with Crippen LogP contribution in [0, 0.1) is 11.8 Å². The number of thioether (sulfide) groups is 1. The minimum absolute atomic E-state index is 0.292. The van der Waals surface area contributed by atoms with Crippen molar-refractivity contribution in [2.75, 3.05) is 25.6 Å². The Balaban J connectivity index is 2.03. The second-order valence-electron chi connectivity index (χ2n) is 6.54. The van der Waals surface area contributed by atoms with Crippen molar-refractivity contribution in [3.05, 3.63) is 0 Å². The quantitative estimate of drug-likeness (QED) is 0.804. The van der Waals surface area contributed by atoms with E-state index in [9.17, 15) is 0 Å². The Morgan fingerprint density at radius 3 is 2.61 bits per heavy atom. The zero-order valence-electron chi connectivity index (χ0n) is 12.3. The highest BCUT2D eigenvalue weighted by molar-refractivity contribution is 7.98. The lowest BCUT2D eigenvalue weighted by Gasteiger charge is -2.49. The van der Waals surface area contributed by atoms with Crippen molar-refractivity contribution >= 4 is 11.8 Å². The highest BCUT2D eigenvalue weighted by atomic mass is 32.2. The van der Waals surface area contributed by atoms with Crippen LogP contribution in [0.3, 0.4) is 0 Å². The van der Waals surface area contributed by atoms with E-state index in [0.29, 0.717) is 11.6 Å². The van der Waals surface area contributed by atoms with E-state index in [1.807, 2.05) is 11.8 Å². The van der Waals surface area contributed by atoms with Gasteiger partial charge in [-0.1, -0.05) is 12.8 Å². The molecule has 0 aromatic heterocycles. The topological polar surface area (TPSA) is 29.3 Å². The average Bonchev–Trinajstić information content (AvgIpc) is 3.22. The molecule has 2 nitrogen and oxygen atoms in total. The van der Waals surface area contributed by atoms with Gasteiger partial charge in [0.25, 0.3) is 0 Å². The van der Waals surface area contributed by atoms with Crippen LogP contribution >= 0.6 is 11.8 Å². The van der Waals surface area contributed by atoms with E-state index in [0.717, 1.165) is 18.4 Å². The molecule has 0 aromatic carbocycles. The maximum atomic E-state index is 6.21. The van der Waals surface area contributed by atoms with Crippen molar-refractivity contribution < 1.29 is 0 Å². The minimum Gasteiger partial charge on any atom is -0.329 e. The summed E-state index contributed by atoms with van der Waals surface area (Å²) in [6.45, 7) is 3.19. The highest BCUT2D eigenvalue weighted by Gasteiger charge is 2.44. The van der Waals surface area contributed by atoms with Gasteiger partial charge in [-0.2, -0.15) is 11.8 Å². The smallest absolute Gasteiger partial charge is 0.0334 e. The zero-order chi connectivity index (χ0) is 13.2. The molecule has 2 N–H and O–H groups in total. The monoisotopic (exact) mass is 270 g/mol. The molecule has 0 heterocycles. The van der Waals surface area contributed by atoms with Gasteiger partial charge >= 0.3 is 0 Å². The maximum absolute atomic E-state index is 6.21. The second-order valence-corrected chi connectivity index (χ2v) is 7.45. The Bertz CT molecular complexity index is 267. The van der Waals surface area contributed by atoms with Crippen LogP contribution < -0.4 is 5.73 Å². The van der Waals surface area contributed by atoms with E-state index < -0.39 is 0 Å². The molecule has 0 aromatic rings. The van der Waals surface area contributed by atoms with Gasteiger partial charge in [0.2, 0.25) is 0 Å². The predicted octanol–water partition coefficient (Wildman–Crippen LogP) is 2.97. The molecule has 3 heteroatoms. The first-order chi connectivity index (χ1) is 8.63. The molecule has 3 unspecified atom stereocenters. The van der Waals surface area contributed by atoms with Gasteiger partial charge < -0.3 is 5.73 Å². The summed E-state index contributed by atoms with van der Waals surface area (Å²) in [5.74, 6) is 3.22. The molecule has 18 heavy (non-hydrogen) atoms. The summed E-state index contributed by atoms with van der Waals surface area (Å²) in [4.78, 5) is 2.61. The first-order valence-electron chi connectivity index (χ1n) is 7.55. The summed E-state index contributed by atoms with van der Waals surface area (Å²) in [6.07, 6.45) is 10.7. The molecule has 106 valence electrons. The fourth-order valence-corrected chi connectivity index (χ4v) is 4.53. The van der Waals surface area contributed by atoms with Crippen molar-refractivity contribution in [1.29, 1.82) is 0 Å². The van der Waals surface area contributed by atoms with E-state index in [-0.39, 0.29) is 0 Å². The molecular formula is C15H30N2S. The van der Waals surface area contributed by atoms with Crippen molar-refractivity contribution in [2.24, 2.45) is 17.6 Å². The molecular weight excluding hydrogens is 240 g/mol. The molecule has 0 radical (unpaired) electrons. The molecule has 2 fully saturated rings. The Morgan fingerprint density at radius 1 is 1.33 bits per heavy atom. The zero-order valence-corrected chi connectivity index (χ0v) is 13.1. The summed E-state index contributed by atoms with van der Waals surface area (Å²) in [6, 6.07) is 0.640. The third-order valence-electron chi connectivity index (χ3n) is 5.35. The fraction of sp³-hybridized carbons (Fsp3) is 1.00. The summed E-state index contributed by atoms with van der Waals surface area (Å²) in [7, 11) is 2.31. The standard InChI is InChI=1S/C15H30N2S/c1-12(10-18-3)17(2)15(11-16)8-4-5-14(9-15)13-6-7-13/h12-14H,4-11,16H2,1-3H3. The Labute approximate surface area is 117 Å². The first kappa shape index (κ1) is 14.7. The lowest BCUT2D eigenvalue weighted by atomic mass is 9.72. The minimum atomic E-state index is 0.292. The number of rotatable bonds is 6. The van der Waals surface area contributed by atoms with E-state index in [1.165, 1.54) is 44.3 Å². The van der Waals surface area contributed by atoms with E-state index >= 15 is 0 Å². The third kappa shape index (κ3) is 3.05. The maximum Gasteiger partial charge on any atom is 0.0334 e. The van der Waals surface area contributed by atoms with Crippen LogP contribution in [0.15, 0.2) is 0 Å². The summed E-state index contributed by atoms with van der Waals surface area (Å²) in [5.41, 5.74) is 6.50. The molecule has 0 amide bonds. The van der Waals surface area contributed by atoms with Crippen LogP contribution in [0.25, 0.3) is 0 Å². The SMILES string of the molecule is CSCC(C)N(C)C1(CN)CCCC(C2CC2)C1. The van der Waals surface area contributed by atoms with Gasteiger partial charge in [0.1, 0.15) is 0 Å². The van der Waals surface area contributed by atoms with Crippen molar-refractivity contribution in [3.63, 3.8) is 0 Å². The fourth-order valence-electron chi connectivity index (χ4n) is 3.83. The van der Waals surface area contributed by atoms with Gasteiger partial charge in [-0.05, 0) is 57.7 Å². The Kier molecular flexibility index (Phi) is 5.01. The molecule has 2 rings (SSSR count). The van der Waals surface area contributed by atoms with Gasteiger partial charge in [0.15, 0.2) is 0 Å². The number of nitrogens with two attached hydrogens (primary N) is 1. The predicted molar refractivity (Wildman–Crippen MR) is 82.1 cm³/mol. The van der Waals surface area contributed by atoms with Gasteiger partial charge in [-0.15, -0.1) is 0 Å². The summed E-state index contributed by atoms with van der Waals surface area (Å²) >= 11 is 1.95. The molecule has 0 spiro atoms. The van der Waals surface area contributed by atoms with Gasteiger partial charge in [-0.3, -0.25) is 4.90 Å². The molecule has 2 aliphatic carbocycles. The van der Waals surface area contributed by atoms with Crippen LogP contribution in [0.1, 0.15) is 45.4 Å². The lowest BCUT2D eigenvalue weighted by molar-refractivity contribution is 0.0312. The summed E-state index contributed by atoms with van der Waals surface area (Å²) < 4.78 is 0. The van der Waals surface area contributed by atoms with E-state index in [4.69, 9.17) is 5.73 Å². The second kappa shape index (κ2) is 6.15. The Hall–Kier alpha value is 0.270. The number of hydrogen-bond donors (Lipinski definition) is 1. The van der Waals surface area contributed by atoms with Crippen LogP contribution in [-0.4, -0.2) is 42.1 Å². The largest absolute Gasteiger partial charge is 0.329 e. The summed E-state index contributed by atoms with van der Waals surface area (Å²) in [5, 5.41) is 0.